The van der Waals surface area contributed by atoms with Crippen molar-refractivity contribution in [3.63, 3.8) is 0 Å². The van der Waals surface area contributed by atoms with Gasteiger partial charge in [-0.3, -0.25) is 14.9 Å². The SMILES string of the molecule is Nc1cc(F)c(C=CC=O)cc1[N+](=O)[O-]. The van der Waals surface area contributed by atoms with Gasteiger partial charge in [0, 0.05) is 17.7 Å². The lowest BCUT2D eigenvalue weighted by molar-refractivity contribution is -0.384. The van der Waals surface area contributed by atoms with E-state index in [1.807, 2.05) is 0 Å². The molecule has 1 aromatic rings. The van der Waals surface area contributed by atoms with Gasteiger partial charge < -0.3 is 5.73 Å². The van der Waals surface area contributed by atoms with Crippen LogP contribution in [-0.4, -0.2) is 11.2 Å². The zero-order valence-corrected chi connectivity index (χ0v) is 7.51. The molecule has 2 N–H and O–H groups in total. The van der Waals surface area contributed by atoms with Crippen LogP contribution in [0.4, 0.5) is 15.8 Å². The molecule has 0 bridgehead atoms. The number of allylic oxidation sites excluding steroid dienone is 1. The van der Waals surface area contributed by atoms with Gasteiger partial charge in [-0.15, -0.1) is 0 Å². The number of nitro groups is 1. The molecule has 0 unspecified atom stereocenters. The molecule has 5 nitrogen and oxygen atoms in total. The number of nitrogens with two attached hydrogens (primary N) is 1. The van der Waals surface area contributed by atoms with Crippen LogP contribution in [0.15, 0.2) is 18.2 Å². The van der Waals surface area contributed by atoms with Gasteiger partial charge in [0.25, 0.3) is 5.69 Å². The molecule has 0 fully saturated rings. The third kappa shape index (κ3) is 2.37. The highest BCUT2D eigenvalue weighted by atomic mass is 19.1. The Morgan fingerprint density at radius 1 is 1.47 bits per heavy atom. The predicted octanol–water partition coefficient (Wildman–Crippen LogP) is 1.53. The fraction of sp³-hybridized carbons (Fsp3) is 0. The van der Waals surface area contributed by atoms with E-state index in [0.717, 1.165) is 24.3 Å². The monoisotopic (exact) mass is 210 g/mol. The topological polar surface area (TPSA) is 86.2 Å². The Kier molecular flexibility index (Phi) is 3.12. The summed E-state index contributed by atoms with van der Waals surface area (Å²) in [6.07, 6.45) is 2.62. The van der Waals surface area contributed by atoms with E-state index >= 15 is 0 Å². The first-order valence-corrected chi connectivity index (χ1v) is 3.91. The van der Waals surface area contributed by atoms with Gasteiger partial charge in [-0.1, -0.05) is 0 Å². The minimum Gasteiger partial charge on any atom is -0.393 e. The summed E-state index contributed by atoms with van der Waals surface area (Å²) in [4.78, 5) is 19.8. The first-order chi connectivity index (χ1) is 7.06. The summed E-state index contributed by atoms with van der Waals surface area (Å²) in [6, 6.07) is 1.83. The zero-order chi connectivity index (χ0) is 11.4. The van der Waals surface area contributed by atoms with Crippen molar-refractivity contribution in [3.05, 3.63) is 39.7 Å². The van der Waals surface area contributed by atoms with Crippen molar-refractivity contribution in [1.82, 2.24) is 0 Å². The number of halogens is 1. The van der Waals surface area contributed by atoms with Crippen LogP contribution in [0.1, 0.15) is 5.56 Å². The van der Waals surface area contributed by atoms with Crippen molar-refractivity contribution in [2.24, 2.45) is 0 Å². The Hall–Kier alpha value is -2.24. The zero-order valence-electron chi connectivity index (χ0n) is 7.51. The maximum absolute atomic E-state index is 13.1. The van der Waals surface area contributed by atoms with E-state index in [-0.39, 0.29) is 16.9 Å². The predicted molar refractivity (Wildman–Crippen MR) is 52.6 cm³/mol. The molecule has 0 aromatic heterocycles. The maximum Gasteiger partial charge on any atom is 0.292 e. The van der Waals surface area contributed by atoms with Crippen LogP contribution in [0.2, 0.25) is 0 Å². The average molecular weight is 210 g/mol. The molecular formula is C9H7FN2O3. The molecule has 0 aliphatic heterocycles. The van der Waals surface area contributed by atoms with E-state index in [0.29, 0.717) is 6.29 Å². The van der Waals surface area contributed by atoms with Crippen molar-refractivity contribution in [3.8, 4) is 0 Å². The third-order valence-corrected chi connectivity index (χ3v) is 1.70. The number of carbonyl (C=O) groups is 1. The molecule has 0 saturated carbocycles. The van der Waals surface area contributed by atoms with E-state index in [9.17, 15) is 19.3 Å². The van der Waals surface area contributed by atoms with Crippen LogP contribution in [0.25, 0.3) is 6.08 Å². The largest absolute Gasteiger partial charge is 0.393 e. The van der Waals surface area contributed by atoms with E-state index in [2.05, 4.69) is 0 Å². The number of nitrogens with zero attached hydrogens (tertiary/aromatic N) is 1. The second-order valence-electron chi connectivity index (χ2n) is 2.68. The van der Waals surface area contributed by atoms with Gasteiger partial charge in [-0.2, -0.15) is 0 Å². The molecule has 1 aromatic carbocycles. The molecule has 6 heteroatoms. The van der Waals surface area contributed by atoms with Crippen LogP contribution in [0.3, 0.4) is 0 Å². The molecule has 0 atom stereocenters. The average Bonchev–Trinajstić information content (AvgIpc) is 2.16. The first kappa shape index (κ1) is 10.8. The van der Waals surface area contributed by atoms with Gasteiger partial charge in [-0.05, 0) is 12.2 Å². The number of hydrogen-bond acceptors (Lipinski definition) is 4. The molecule has 0 heterocycles. The van der Waals surface area contributed by atoms with Crippen LogP contribution in [-0.2, 0) is 4.79 Å². The molecule has 0 saturated heterocycles. The molecule has 0 aliphatic carbocycles. The number of anilines is 1. The summed E-state index contributed by atoms with van der Waals surface area (Å²) < 4.78 is 13.1. The Labute approximate surface area is 84.2 Å². The number of aldehydes is 1. The lowest BCUT2D eigenvalue weighted by Gasteiger charge is -2.00. The van der Waals surface area contributed by atoms with E-state index < -0.39 is 10.7 Å². The fourth-order valence-electron chi connectivity index (χ4n) is 1.02. The first-order valence-electron chi connectivity index (χ1n) is 3.91. The highest BCUT2D eigenvalue weighted by Gasteiger charge is 2.14. The normalized spacial score (nSPS) is 10.5. The molecule has 78 valence electrons. The standard InChI is InChI=1S/C9H7FN2O3/c10-7-5-8(11)9(12(14)15)4-6(7)2-1-3-13/h1-5H,11H2. The van der Waals surface area contributed by atoms with Crippen LogP contribution in [0, 0.1) is 15.9 Å². The second kappa shape index (κ2) is 4.32. The quantitative estimate of drug-likeness (QED) is 0.269. The van der Waals surface area contributed by atoms with Gasteiger partial charge in [0.05, 0.1) is 4.92 Å². The van der Waals surface area contributed by atoms with Crippen molar-refractivity contribution in [1.29, 1.82) is 0 Å². The summed E-state index contributed by atoms with van der Waals surface area (Å²) in [5, 5.41) is 10.5. The van der Waals surface area contributed by atoms with Crippen LogP contribution < -0.4 is 5.73 Å². The lowest BCUT2D eigenvalue weighted by atomic mass is 10.1. The molecular weight excluding hydrogens is 203 g/mol. The molecule has 0 radical (unpaired) electrons. The van der Waals surface area contributed by atoms with Crippen molar-refractivity contribution >= 4 is 23.7 Å². The smallest absolute Gasteiger partial charge is 0.292 e. The highest BCUT2D eigenvalue weighted by Crippen LogP contribution is 2.25. The lowest BCUT2D eigenvalue weighted by Crippen LogP contribution is -1.98. The maximum atomic E-state index is 13.1. The Morgan fingerprint density at radius 3 is 2.67 bits per heavy atom. The Bertz CT molecular complexity index is 443. The Morgan fingerprint density at radius 2 is 2.13 bits per heavy atom. The Balaban J connectivity index is 3.29. The summed E-state index contributed by atoms with van der Waals surface area (Å²) >= 11 is 0. The van der Waals surface area contributed by atoms with E-state index in [4.69, 9.17) is 5.73 Å². The van der Waals surface area contributed by atoms with Crippen LogP contribution >= 0.6 is 0 Å². The molecule has 0 spiro atoms. The van der Waals surface area contributed by atoms with E-state index in [1.165, 1.54) is 0 Å². The number of nitrogen functional groups attached to an aromatic ring is 1. The van der Waals surface area contributed by atoms with Crippen molar-refractivity contribution in [2.45, 2.75) is 0 Å². The molecule has 1 rings (SSSR count). The molecule has 0 amide bonds. The number of nitro benzene ring substituents is 1. The summed E-state index contributed by atoms with van der Waals surface area (Å²) in [6.45, 7) is 0. The van der Waals surface area contributed by atoms with Crippen molar-refractivity contribution < 1.29 is 14.1 Å². The summed E-state index contributed by atoms with van der Waals surface area (Å²) in [5.74, 6) is -0.712. The summed E-state index contributed by atoms with van der Waals surface area (Å²) in [7, 11) is 0. The van der Waals surface area contributed by atoms with Gasteiger partial charge in [0.2, 0.25) is 0 Å². The number of rotatable bonds is 3. The minimum atomic E-state index is -0.715. The minimum absolute atomic E-state index is 0.0528. The second-order valence-corrected chi connectivity index (χ2v) is 2.68. The van der Waals surface area contributed by atoms with Gasteiger partial charge in [0.15, 0.2) is 0 Å². The number of benzene rings is 1. The fourth-order valence-corrected chi connectivity index (χ4v) is 1.02. The van der Waals surface area contributed by atoms with E-state index in [1.54, 1.807) is 0 Å². The molecule has 15 heavy (non-hydrogen) atoms. The van der Waals surface area contributed by atoms with Crippen LogP contribution in [0.5, 0.6) is 0 Å². The third-order valence-electron chi connectivity index (χ3n) is 1.70. The van der Waals surface area contributed by atoms with Gasteiger partial charge in [0.1, 0.15) is 17.8 Å². The van der Waals surface area contributed by atoms with Crippen molar-refractivity contribution in [2.75, 3.05) is 5.73 Å². The van der Waals surface area contributed by atoms with Gasteiger partial charge in [-0.25, -0.2) is 4.39 Å². The van der Waals surface area contributed by atoms with Gasteiger partial charge >= 0.3 is 0 Å². The number of carbonyl (C=O) groups excluding carboxylic acids is 1. The number of hydrogen-bond donors (Lipinski definition) is 1. The summed E-state index contributed by atoms with van der Waals surface area (Å²) in [5.41, 5.74) is 4.56. The highest BCUT2D eigenvalue weighted by molar-refractivity contribution is 5.75. The molecule has 0 aliphatic rings.